The molecule has 14 heavy (non-hydrogen) atoms. The van der Waals surface area contributed by atoms with E-state index < -0.39 is 0 Å². The molecule has 1 aliphatic heterocycles. The van der Waals surface area contributed by atoms with E-state index in [0.29, 0.717) is 12.6 Å². The van der Waals surface area contributed by atoms with Crippen LogP contribution in [-0.2, 0) is 18.4 Å². The van der Waals surface area contributed by atoms with Crippen molar-refractivity contribution in [2.75, 3.05) is 13.2 Å². The Kier molecular flexibility index (Phi) is 3.16. The molecule has 0 bridgehead atoms. The van der Waals surface area contributed by atoms with Crippen LogP contribution >= 0.6 is 0 Å². The molecule has 0 aromatic carbocycles. The molecule has 0 saturated carbocycles. The lowest BCUT2D eigenvalue weighted by Crippen LogP contribution is -2.26. The second-order valence-electron chi connectivity index (χ2n) is 3.83. The number of ether oxygens (including phenoxy) is 1. The zero-order valence-electron chi connectivity index (χ0n) is 8.57. The third-order valence-corrected chi connectivity index (χ3v) is 2.51. The summed E-state index contributed by atoms with van der Waals surface area (Å²) >= 11 is 0. The Morgan fingerprint density at radius 2 is 2.64 bits per heavy atom. The van der Waals surface area contributed by atoms with Crippen molar-refractivity contribution in [1.29, 1.82) is 0 Å². The molecule has 1 aromatic rings. The second kappa shape index (κ2) is 4.57. The lowest BCUT2D eigenvalue weighted by molar-refractivity contribution is 0.103. The van der Waals surface area contributed by atoms with E-state index in [-0.39, 0.29) is 0 Å². The van der Waals surface area contributed by atoms with Gasteiger partial charge in [0.15, 0.2) is 0 Å². The van der Waals surface area contributed by atoms with Crippen molar-refractivity contribution in [2.24, 2.45) is 7.05 Å². The molecule has 4 nitrogen and oxygen atoms in total. The van der Waals surface area contributed by atoms with Gasteiger partial charge in [-0.3, -0.25) is 4.68 Å². The van der Waals surface area contributed by atoms with Gasteiger partial charge in [-0.05, 0) is 19.4 Å². The summed E-state index contributed by atoms with van der Waals surface area (Å²) in [5.41, 5.74) is 1.14. The van der Waals surface area contributed by atoms with Crippen molar-refractivity contribution in [2.45, 2.75) is 25.5 Å². The molecule has 0 spiro atoms. The molecule has 4 heteroatoms. The van der Waals surface area contributed by atoms with Gasteiger partial charge in [-0.15, -0.1) is 0 Å². The smallest absolute Gasteiger partial charge is 0.0748 e. The van der Waals surface area contributed by atoms with Crippen molar-refractivity contribution < 1.29 is 4.74 Å². The Hall–Kier alpha value is -0.870. The first kappa shape index (κ1) is 9.68. The molecule has 0 radical (unpaired) electrons. The van der Waals surface area contributed by atoms with Gasteiger partial charge >= 0.3 is 0 Å². The van der Waals surface area contributed by atoms with E-state index in [2.05, 4.69) is 10.4 Å². The second-order valence-corrected chi connectivity index (χ2v) is 3.83. The van der Waals surface area contributed by atoms with Gasteiger partial charge in [-0.2, -0.15) is 5.10 Å². The number of rotatable bonds is 4. The number of hydrogen-bond donors (Lipinski definition) is 1. The van der Waals surface area contributed by atoms with Crippen LogP contribution in [0.5, 0.6) is 0 Å². The number of nitrogens with zero attached hydrogens (tertiary/aromatic N) is 2. The van der Waals surface area contributed by atoms with Crippen LogP contribution in [0.4, 0.5) is 0 Å². The third kappa shape index (κ3) is 2.56. The minimum atomic E-state index is 0.562. The summed E-state index contributed by atoms with van der Waals surface area (Å²) in [7, 11) is 1.92. The lowest BCUT2D eigenvalue weighted by Gasteiger charge is -2.09. The van der Waals surface area contributed by atoms with Crippen LogP contribution in [0.3, 0.4) is 0 Å². The van der Waals surface area contributed by atoms with E-state index in [9.17, 15) is 0 Å². The van der Waals surface area contributed by atoms with Crippen molar-refractivity contribution in [3.05, 3.63) is 18.0 Å². The molecule has 0 aliphatic carbocycles. The first-order chi connectivity index (χ1) is 6.84. The highest BCUT2D eigenvalue weighted by Gasteiger charge is 2.13. The maximum atomic E-state index is 5.60. The predicted octanol–water partition coefficient (Wildman–Crippen LogP) is 0.689. The van der Waals surface area contributed by atoms with Crippen LogP contribution in [0.15, 0.2) is 12.4 Å². The van der Waals surface area contributed by atoms with Gasteiger partial charge in [0.2, 0.25) is 0 Å². The van der Waals surface area contributed by atoms with Crippen LogP contribution < -0.4 is 5.32 Å². The fourth-order valence-corrected chi connectivity index (χ4v) is 1.76. The molecule has 0 amide bonds. The molecule has 78 valence electrons. The average Bonchev–Trinajstić information content (AvgIpc) is 2.77. The monoisotopic (exact) mass is 195 g/mol. The topological polar surface area (TPSA) is 39.1 Å². The fourth-order valence-electron chi connectivity index (χ4n) is 1.76. The summed E-state index contributed by atoms with van der Waals surface area (Å²) in [6.45, 7) is 2.63. The third-order valence-electron chi connectivity index (χ3n) is 2.51. The normalized spacial score (nSPS) is 21.6. The molecule has 1 atom stereocenters. The standard InChI is InChI=1S/C10H17N3O/c1-13-6-9(5-12-13)7-14-8-10-3-2-4-11-10/h5-6,10-11H,2-4,7-8H2,1H3. The Labute approximate surface area is 84.3 Å². The van der Waals surface area contributed by atoms with E-state index in [4.69, 9.17) is 4.74 Å². The molecule has 2 heterocycles. The number of aromatic nitrogens is 2. The number of nitrogens with one attached hydrogen (secondary N) is 1. The molecule has 2 rings (SSSR count). The molecular weight excluding hydrogens is 178 g/mol. The van der Waals surface area contributed by atoms with Gasteiger partial charge < -0.3 is 10.1 Å². The summed E-state index contributed by atoms with van der Waals surface area (Å²) in [6.07, 6.45) is 6.36. The highest BCUT2D eigenvalue weighted by molar-refractivity contribution is 5.01. The molecule has 1 N–H and O–H groups in total. The van der Waals surface area contributed by atoms with Crippen LogP contribution in [0.2, 0.25) is 0 Å². The maximum Gasteiger partial charge on any atom is 0.0748 e. The van der Waals surface area contributed by atoms with Crippen molar-refractivity contribution in [3.8, 4) is 0 Å². The van der Waals surface area contributed by atoms with Crippen LogP contribution in [0.1, 0.15) is 18.4 Å². The lowest BCUT2D eigenvalue weighted by atomic mass is 10.2. The molecule has 1 aliphatic rings. The predicted molar refractivity (Wildman–Crippen MR) is 53.9 cm³/mol. The van der Waals surface area contributed by atoms with E-state index in [1.165, 1.54) is 12.8 Å². The van der Waals surface area contributed by atoms with Gasteiger partial charge in [0.25, 0.3) is 0 Å². The number of aryl methyl sites for hydroxylation is 1. The van der Waals surface area contributed by atoms with E-state index in [1.54, 1.807) is 4.68 Å². The summed E-state index contributed by atoms with van der Waals surface area (Å²) in [4.78, 5) is 0. The van der Waals surface area contributed by atoms with Crippen molar-refractivity contribution in [3.63, 3.8) is 0 Å². The first-order valence-electron chi connectivity index (χ1n) is 5.13. The Bertz CT molecular complexity index is 279. The van der Waals surface area contributed by atoms with E-state index in [1.807, 2.05) is 19.4 Å². The minimum Gasteiger partial charge on any atom is -0.375 e. The minimum absolute atomic E-state index is 0.562. The Morgan fingerprint density at radius 3 is 3.29 bits per heavy atom. The highest BCUT2D eigenvalue weighted by Crippen LogP contribution is 2.06. The molecule has 1 fully saturated rings. The van der Waals surface area contributed by atoms with Gasteiger partial charge in [0.1, 0.15) is 0 Å². The van der Waals surface area contributed by atoms with Crippen LogP contribution in [0, 0.1) is 0 Å². The van der Waals surface area contributed by atoms with Gasteiger partial charge in [0.05, 0.1) is 19.4 Å². The van der Waals surface area contributed by atoms with Crippen LogP contribution in [-0.4, -0.2) is 29.0 Å². The molecule has 1 aromatic heterocycles. The van der Waals surface area contributed by atoms with E-state index >= 15 is 0 Å². The molecule has 1 saturated heterocycles. The zero-order valence-corrected chi connectivity index (χ0v) is 8.57. The summed E-state index contributed by atoms with van der Waals surface area (Å²) in [5, 5.41) is 7.49. The molecule has 1 unspecified atom stereocenters. The number of hydrogen-bond acceptors (Lipinski definition) is 3. The summed E-state index contributed by atoms with van der Waals surface area (Å²) < 4.78 is 7.40. The Balaban J connectivity index is 1.67. The quantitative estimate of drug-likeness (QED) is 0.768. The summed E-state index contributed by atoms with van der Waals surface area (Å²) in [6, 6.07) is 0.562. The highest BCUT2D eigenvalue weighted by atomic mass is 16.5. The van der Waals surface area contributed by atoms with Gasteiger partial charge in [-0.1, -0.05) is 0 Å². The largest absolute Gasteiger partial charge is 0.375 e. The van der Waals surface area contributed by atoms with E-state index in [0.717, 1.165) is 18.7 Å². The first-order valence-corrected chi connectivity index (χ1v) is 5.13. The SMILES string of the molecule is Cn1cc(COCC2CCCN2)cn1. The van der Waals surface area contributed by atoms with Gasteiger partial charge in [0, 0.05) is 24.8 Å². The molecular formula is C10H17N3O. The fraction of sp³-hybridized carbons (Fsp3) is 0.700. The van der Waals surface area contributed by atoms with Gasteiger partial charge in [-0.25, -0.2) is 0 Å². The van der Waals surface area contributed by atoms with Crippen molar-refractivity contribution >= 4 is 0 Å². The van der Waals surface area contributed by atoms with Crippen LogP contribution in [0.25, 0.3) is 0 Å². The van der Waals surface area contributed by atoms with Crippen molar-refractivity contribution in [1.82, 2.24) is 15.1 Å². The maximum absolute atomic E-state index is 5.60. The Morgan fingerprint density at radius 1 is 1.71 bits per heavy atom. The average molecular weight is 195 g/mol. The summed E-state index contributed by atoms with van der Waals surface area (Å²) in [5.74, 6) is 0. The zero-order chi connectivity index (χ0) is 9.80.